The minimum absolute atomic E-state index is 0.250. The van der Waals surface area contributed by atoms with E-state index in [-0.39, 0.29) is 29.8 Å². The highest BCUT2D eigenvalue weighted by Gasteiger charge is 2.55. The van der Waals surface area contributed by atoms with E-state index < -0.39 is 52.4 Å². The Morgan fingerprint density at radius 1 is 1.03 bits per heavy atom. The Hall–Kier alpha value is -3.50. The van der Waals surface area contributed by atoms with Crippen molar-refractivity contribution in [3.63, 3.8) is 0 Å². The maximum Gasteiger partial charge on any atom is 0.420 e. The van der Waals surface area contributed by atoms with Crippen LogP contribution in [0.1, 0.15) is 34.8 Å². The standard InChI is InChI=1S/C23H17F6N3O2/c24-12-1-3-18(25)15(5-12)20-17(23(27,28)29)9-30-32(20)13-7-22(8-13)10-31(11-22)21(34)16-6-14(33)2-4-19(16)26/h1-6,9,13,33H,7-8,10-11H2. The molecule has 1 saturated heterocycles. The second-order valence-electron chi connectivity index (χ2n) is 8.86. The Morgan fingerprint density at radius 2 is 1.71 bits per heavy atom. The van der Waals surface area contributed by atoms with Crippen molar-refractivity contribution < 1.29 is 36.2 Å². The van der Waals surface area contributed by atoms with Crippen molar-refractivity contribution in [2.75, 3.05) is 13.1 Å². The van der Waals surface area contributed by atoms with Gasteiger partial charge in [-0.15, -0.1) is 0 Å². The van der Waals surface area contributed by atoms with E-state index in [0.717, 1.165) is 35.0 Å². The fraction of sp³-hybridized carbons (Fsp3) is 0.304. The third-order valence-corrected chi connectivity index (χ3v) is 6.49. The predicted molar refractivity (Wildman–Crippen MR) is 107 cm³/mol. The second-order valence-corrected chi connectivity index (χ2v) is 8.86. The molecule has 2 fully saturated rings. The number of hydrogen-bond acceptors (Lipinski definition) is 3. The number of alkyl halides is 3. The van der Waals surface area contributed by atoms with Gasteiger partial charge in [0.25, 0.3) is 5.91 Å². The molecule has 1 aromatic heterocycles. The maximum absolute atomic E-state index is 14.4. The fourth-order valence-electron chi connectivity index (χ4n) is 4.92. The van der Waals surface area contributed by atoms with Gasteiger partial charge in [0.15, 0.2) is 0 Å². The zero-order valence-corrected chi connectivity index (χ0v) is 17.4. The smallest absolute Gasteiger partial charge is 0.420 e. The third-order valence-electron chi connectivity index (χ3n) is 6.49. The number of amides is 1. The molecule has 1 aliphatic heterocycles. The molecule has 1 amide bonds. The quantitative estimate of drug-likeness (QED) is 0.526. The first-order valence-corrected chi connectivity index (χ1v) is 10.4. The molecule has 1 N–H and O–H groups in total. The first kappa shape index (κ1) is 22.3. The van der Waals surface area contributed by atoms with Crippen LogP contribution in [-0.4, -0.2) is 38.8 Å². The average molecular weight is 481 g/mol. The molecule has 0 radical (unpaired) electrons. The second kappa shape index (κ2) is 7.51. The van der Waals surface area contributed by atoms with Crippen LogP contribution in [0.2, 0.25) is 0 Å². The molecule has 1 spiro atoms. The summed E-state index contributed by atoms with van der Waals surface area (Å²) in [6.45, 7) is 0.517. The summed E-state index contributed by atoms with van der Waals surface area (Å²) in [5.41, 5.74) is -2.89. The summed E-state index contributed by atoms with van der Waals surface area (Å²) in [5.74, 6) is -3.50. The van der Waals surface area contributed by atoms with Gasteiger partial charge in [0.1, 0.15) is 28.8 Å². The summed E-state index contributed by atoms with van der Waals surface area (Å²) in [7, 11) is 0. The molecule has 2 heterocycles. The van der Waals surface area contributed by atoms with Crippen LogP contribution in [0.25, 0.3) is 11.3 Å². The van der Waals surface area contributed by atoms with E-state index >= 15 is 0 Å². The van der Waals surface area contributed by atoms with E-state index in [1.165, 1.54) is 4.90 Å². The Morgan fingerprint density at radius 3 is 2.38 bits per heavy atom. The van der Waals surface area contributed by atoms with Gasteiger partial charge in [-0.05, 0) is 49.2 Å². The number of phenols is 1. The summed E-state index contributed by atoms with van der Waals surface area (Å²) < 4.78 is 83.9. The maximum atomic E-state index is 14.4. The molecule has 3 aromatic rings. The van der Waals surface area contributed by atoms with E-state index in [2.05, 4.69) is 5.10 Å². The molecule has 0 bridgehead atoms. The molecular formula is C23H17F6N3O2. The normalized spacial score (nSPS) is 17.5. The van der Waals surface area contributed by atoms with Crippen molar-refractivity contribution in [2.45, 2.75) is 25.1 Å². The Labute approximate surface area is 189 Å². The Kier molecular flexibility index (Phi) is 4.92. The van der Waals surface area contributed by atoms with Crippen molar-refractivity contribution in [3.05, 3.63) is 71.2 Å². The molecular weight excluding hydrogens is 464 g/mol. The number of aromatic hydroxyl groups is 1. The van der Waals surface area contributed by atoms with Crippen LogP contribution in [0.5, 0.6) is 5.75 Å². The van der Waals surface area contributed by atoms with Crippen LogP contribution in [0.3, 0.4) is 0 Å². The summed E-state index contributed by atoms with van der Waals surface area (Å²) >= 11 is 0. The topological polar surface area (TPSA) is 58.4 Å². The van der Waals surface area contributed by atoms with Crippen molar-refractivity contribution in [2.24, 2.45) is 5.41 Å². The highest BCUT2D eigenvalue weighted by Crippen LogP contribution is 2.55. The lowest BCUT2D eigenvalue weighted by atomic mass is 9.60. The predicted octanol–water partition coefficient (Wildman–Crippen LogP) is 5.17. The van der Waals surface area contributed by atoms with Crippen molar-refractivity contribution in [1.29, 1.82) is 0 Å². The number of hydrogen-bond donors (Lipinski definition) is 1. The van der Waals surface area contributed by atoms with Crippen molar-refractivity contribution in [3.8, 4) is 17.0 Å². The van der Waals surface area contributed by atoms with Crippen LogP contribution >= 0.6 is 0 Å². The molecule has 0 atom stereocenters. The molecule has 5 rings (SSSR count). The van der Waals surface area contributed by atoms with Crippen LogP contribution in [0, 0.1) is 22.9 Å². The number of carbonyl (C=O) groups excluding carboxylic acids is 1. The van der Waals surface area contributed by atoms with E-state index in [9.17, 15) is 36.2 Å². The summed E-state index contributed by atoms with van der Waals surface area (Å²) in [6, 6.07) is 4.93. The van der Waals surface area contributed by atoms with E-state index in [0.29, 0.717) is 25.1 Å². The number of likely N-dealkylation sites (tertiary alicyclic amines) is 1. The van der Waals surface area contributed by atoms with E-state index in [4.69, 9.17) is 0 Å². The van der Waals surface area contributed by atoms with Gasteiger partial charge in [-0.3, -0.25) is 9.48 Å². The lowest BCUT2D eigenvalue weighted by Gasteiger charge is -2.59. The van der Waals surface area contributed by atoms with E-state index in [1.807, 2.05) is 0 Å². The van der Waals surface area contributed by atoms with Gasteiger partial charge in [0.05, 0.1) is 23.5 Å². The van der Waals surface area contributed by atoms with Crippen molar-refractivity contribution >= 4 is 5.91 Å². The van der Waals surface area contributed by atoms with Gasteiger partial charge in [-0.2, -0.15) is 18.3 Å². The molecule has 1 aliphatic carbocycles. The Balaban J connectivity index is 1.36. The third kappa shape index (κ3) is 3.59. The van der Waals surface area contributed by atoms with Gasteiger partial charge >= 0.3 is 6.18 Å². The van der Waals surface area contributed by atoms with Crippen LogP contribution in [0.15, 0.2) is 42.6 Å². The number of aromatic nitrogens is 2. The zero-order valence-electron chi connectivity index (χ0n) is 17.4. The number of rotatable bonds is 3. The fourth-order valence-corrected chi connectivity index (χ4v) is 4.92. The van der Waals surface area contributed by atoms with Crippen LogP contribution in [0.4, 0.5) is 26.3 Å². The lowest BCUT2D eigenvalue weighted by Crippen LogP contribution is -2.64. The summed E-state index contributed by atoms with van der Waals surface area (Å²) in [5, 5.41) is 13.4. The van der Waals surface area contributed by atoms with Gasteiger partial charge < -0.3 is 10.0 Å². The number of nitrogens with zero attached hydrogens (tertiary/aromatic N) is 3. The molecule has 178 valence electrons. The molecule has 0 unspecified atom stereocenters. The van der Waals surface area contributed by atoms with Gasteiger partial charge in [0, 0.05) is 24.1 Å². The number of halogens is 6. The van der Waals surface area contributed by atoms with E-state index in [1.54, 1.807) is 0 Å². The van der Waals surface area contributed by atoms with Gasteiger partial charge in [-0.25, -0.2) is 13.2 Å². The highest BCUT2D eigenvalue weighted by atomic mass is 19.4. The zero-order chi connectivity index (χ0) is 24.4. The molecule has 2 aliphatic rings. The van der Waals surface area contributed by atoms with Crippen LogP contribution in [-0.2, 0) is 6.18 Å². The molecule has 1 saturated carbocycles. The number of benzene rings is 2. The Bertz CT molecular complexity index is 1290. The first-order valence-electron chi connectivity index (χ1n) is 10.4. The lowest BCUT2D eigenvalue weighted by molar-refractivity contribution is -0.137. The number of carbonyl (C=O) groups is 1. The average Bonchev–Trinajstić information content (AvgIpc) is 3.14. The monoisotopic (exact) mass is 481 g/mol. The minimum Gasteiger partial charge on any atom is -0.508 e. The highest BCUT2D eigenvalue weighted by molar-refractivity contribution is 5.95. The minimum atomic E-state index is -4.82. The molecule has 2 aromatic carbocycles. The van der Waals surface area contributed by atoms with Gasteiger partial charge in [0.2, 0.25) is 0 Å². The molecule has 5 nitrogen and oxygen atoms in total. The molecule has 34 heavy (non-hydrogen) atoms. The van der Waals surface area contributed by atoms with Crippen LogP contribution < -0.4 is 0 Å². The SMILES string of the molecule is O=C(c1cc(O)ccc1F)N1CC2(CC(n3ncc(C(F)(F)F)c3-c3cc(F)ccc3F)C2)C1. The molecule has 11 heteroatoms. The first-order chi connectivity index (χ1) is 16.0. The van der Waals surface area contributed by atoms with Gasteiger partial charge in [-0.1, -0.05) is 0 Å². The van der Waals surface area contributed by atoms with Crippen molar-refractivity contribution in [1.82, 2.24) is 14.7 Å². The largest absolute Gasteiger partial charge is 0.508 e. The summed E-state index contributed by atoms with van der Waals surface area (Å²) in [4.78, 5) is 14.0. The summed E-state index contributed by atoms with van der Waals surface area (Å²) in [6.07, 6.45) is -3.49. The number of phenolic OH excluding ortho intramolecular Hbond substituents is 1.